The van der Waals surface area contributed by atoms with E-state index in [1.165, 1.54) is 24.1 Å². The van der Waals surface area contributed by atoms with Crippen molar-refractivity contribution in [1.82, 2.24) is 10.2 Å². The minimum absolute atomic E-state index is 0.103. The van der Waals surface area contributed by atoms with Crippen LogP contribution in [0.2, 0.25) is 0 Å². The number of amides is 2. The van der Waals surface area contributed by atoms with Gasteiger partial charge in [-0.1, -0.05) is 54.6 Å². The van der Waals surface area contributed by atoms with Crippen molar-refractivity contribution in [3.05, 3.63) is 95.8 Å². The maximum atomic E-state index is 13.5. The Kier molecular flexibility index (Phi) is 9.23. The van der Waals surface area contributed by atoms with Crippen molar-refractivity contribution in [3.63, 3.8) is 0 Å². The van der Waals surface area contributed by atoms with Crippen molar-refractivity contribution in [2.75, 3.05) is 13.7 Å². The number of ether oxygens (including phenoxy) is 2. The summed E-state index contributed by atoms with van der Waals surface area (Å²) in [5.41, 5.74) is 1.62. The van der Waals surface area contributed by atoms with Gasteiger partial charge in [-0.2, -0.15) is 0 Å². The van der Waals surface area contributed by atoms with Gasteiger partial charge in [-0.3, -0.25) is 9.59 Å². The molecule has 3 rings (SSSR count). The highest BCUT2D eigenvalue weighted by atomic mass is 19.1. The number of nitrogens with one attached hydrogen (secondary N) is 1. The van der Waals surface area contributed by atoms with Crippen LogP contribution in [0.15, 0.2) is 78.9 Å². The van der Waals surface area contributed by atoms with Crippen molar-refractivity contribution in [3.8, 4) is 11.5 Å². The highest BCUT2D eigenvalue weighted by Crippen LogP contribution is 2.26. The number of hydrogen-bond donors (Lipinski definition) is 1. The first-order valence-corrected chi connectivity index (χ1v) is 11.5. The van der Waals surface area contributed by atoms with Crippen LogP contribution < -0.4 is 14.8 Å². The lowest BCUT2D eigenvalue weighted by Crippen LogP contribution is -2.52. The van der Waals surface area contributed by atoms with E-state index in [4.69, 9.17) is 9.47 Å². The lowest BCUT2D eigenvalue weighted by Gasteiger charge is -2.32. The van der Waals surface area contributed by atoms with Crippen molar-refractivity contribution in [1.29, 1.82) is 0 Å². The SMILES string of the molecule is COc1ccccc1OCC(=O)N(Cc1ccc(F)cc1)[C@H](Cc1ccccc1)C(=O)NC(C)C. The van der Waals surface area contributed by atoms with Crippen LogP contribution in [0.3, 0.4) is 0 Å². The summed E-state index contributed by atoms with van der Waals surface area (Å²) in [5.74, 6) is -0.0821. The van der Waals surface area contributed by atoms with Crippen molar-refractivity contribution in [2.24, 2.45) is 0 Å². The lowest BCUT2D eigenvalue weighted by atomic mass is 10.0. The van der Waals surface area contributed by atoms with E-state index in [0.29, 0.717) is 23.5 Å². The number of para-hydroxylation sites is 2. The summed E-state index contributed by atoms with van der Waals surface area (Å²) < 4.78 is 24.6. The molecule has 0 saturated heterocycles. The van der Waals surface area contributed by atoms with Crippen LogP contribution >= 0.6 is 0 Å². The van der Waals surface area contributed by atoms with Crippen LogP contribution in [0, 0.1) is 5.82 Å². The van der Waals surface area contributed by atoms with Gasteiger partial charge in [0.05, 0.1) is 7.11 Å². The largest absolute Gasteiger partial charge is 0.493 e. The molecule has 0 heterocycles. The monoisotopic (exact) mass is 478 g/mol. The second-order valence-electron chi connectivity index (χ2n) is 8.46. The zero-order chi connectivity index (χ0) is 25.2. The molecule has 6 nitrogen and oxygen atoms in total. The van der Waals surface area contributed by atoms with Crippen LogP contribution in [-0.2, 0) is 22.6 Å². The van der Waals surface area contributed by atoms with Gasteiger partial charge in [-0.25, -0.2) is 4.39 Å². The average molecular weight is 479 g/mol. The number of methoxy groups -OCH3 is 1. The minimum Gasteiger partial charge on any atom is -0.493 e. The van der Waals surface area contributed by atoms with E-state index in [0.717, 1.165) is 5.56 Å². The van der Waals surface area contributed by atoms with Gasteiger partial charge in [0.2, 0.25) is 5.91 Å². The second kappa shape index (κ2) is 12.6. The van der Waals surface area contributed by atoms with Crippen LogP contribution in [-0.4, -0.2) is 42.5 Å². The Labute approximate surface area is 205 Å². The summed E-state index contributed by atoms with van der Waals surface area (Å²) >= 11 is 0. The third-order valence-electron chi connectivity index (χ3n) is 5.39. The molecule has 0 spiro atoms. The summed E-state index contributed by atoms with van der Waals surface area (Å²) in [6.45, 7) is 3.57. The first kappa shape index (κ1) is 25.7. The van der Waals surface area contributed by atoms with Crippen molar-refractivity contribution in [2.45, 2.75) is 38.9 Å². The predicted molar refractivity (Wildman–Crippen MR) is 133 cm³/mol. The van der Waals surface area contributed by atoms with Gasteiger partial charge in [-0.15, -0.1) is 0 Å². The molecule has 184 valence electrons. The lowest BCUT2D eigenvalue weighted by molar-refractivity contribution is -0.143. The quantitative estimate of drug-likeness (QED) is 0.444. The van der Waals surface area contributed by atoms with Crippen LogP contribution in [0.5, 0.6) is 11.5 Å². The van der Waals surface area contributed by atoms with Gasteiger partial charge in [0.25, 0.3) is 5.91 Å². The molecule has 7 heteroatoms. The highest BCUT2D eigenvalue weighted by Gasteiger charge is 2.31. The Hall–Kier alpha value is -3.87. The Bertz CT molecular complexity index is 1100. The summed E-state index contributed by atoms with van der Waals surface area (Å²) in [5, 5.41) is 2.93. The molecule has 35 heavy (non-hydrogen) atoms. The molecule has 1 N–H and O–H groups in total. The number of halogens is 1. The van der Waals surface area contributed by atoms with E-state index in [2.05, 4.69) is 5.32 Å². The summed E-state index contributed by atoms with van der Waals surface area (Å²) in [6, 6.07) is 21.6. The van der Waals surface area contributed by atoms with E-state index in [1.807, 2.05) is 44.2 Å². The summed E-state index contributed by atoms with van der Waals surface area (Å²) in [6.07, 6.45) is 0.320. The Morgan fingerprint density at radius 2 is 1.51 bits per heavy atom. The van der Waals surface area contributed by atoms with Gasteiger partial charge >= 0.3 is 0 Å². The average Bonchev–Trinajstić information content (AvgIpc) is 2.86. The van der Waals surface area contributed by atoms with Crippen LogP contribution in [0.25, 0.3) is 0 Å². The van der Waals surface area contributed by atoms with E-state index in [-0.39, 0.29) is 36.8 Å². The minimum atomic E-state index is -0.793. The predicted octanol–water partition coefficient (Wildman–Crippen LogP) is 4.38. The highest BCUT2D eigenvalue weighted by molar-refractivity contribution is 5.88. The number of carbonyl (C=O) groups is 2. The zero-order valence-corrected chi connectivity index (χ0v) is 20.2. The molecule has 0 aliphatic carbocycles. The second-order valence-corrected chi connectivity index (χ2v) is 8.46. The molecule has 0 aliphatic rings. The number of benzene rings is 3. The molecule has 0 unspecified atom stereocenters. The summed E-state index contributed by atoms with van der Waals surface area (Å²) in [7, 11) is 1.52. The molecule has 1 atom stereocenters. The van der Waals surface area contributed by atoms with E-state index >= 15 is 0 Å². The van der Waals surface area contributed by atoms with Gasteiger partial charge in [0.15, 0.2) is 18.1 Å². The molecule has 2 amide bonds. The maximum Gasteiger partial charge on any atom is 0.261 e. The standard InChI is InChI=1S/C28H31FN2O4/c1-20(2)30-28(33)24(17-21-9-5-4-6-10-21)31(18-22-13-15-23(29)16-14-22)27(32)19-35-26-12-8-7-11-25(26)34-3/h4-16,20,24H,17-19H2,1-3H3,(H,30,33)/t24-/m1/s1. The summed E-state index contributed by atoms with van der Waals surface area (Å²) in [4.78, 5) is 28.3. The van der Waals surface area contributed by atoms with Gasteiger partial charge in [0, 0.05) is 19.0 Å². The van der Waals surface area contributed by atoms with Crippen LogP contribution in [0.4, 0.5) is 4.39 Å². The molecule has 0 aliphatic heterocycles. The Morgan fingerprint density at radius 3 is 2.14 bits per heavy atom. The van der Waals surface area contributed by atoms with Crippen LogP contribution in [0.1, 0.15) is 25.0 Å². The smallest absolute Gasteiger partial charge is 0.261 e. The molecular formula is C28H31FN2O4. The normalized spacial score (nSPS) is 11.6. The van der Waals surface area contributed by atoms with Crippen molar-refractivity contribution >= 4 is 11.8 Å². The molecule has 3 aromatic rings. The molecule has 3 aromatic carbocycles. The number of rotatable bonds is 11. The van der Waals surface area contributed by atoms with Gasteiger partial charge in [0.1, 0.15) is 11.9 Å². The molecule has 0 saturated carbocycles. The fourth-order valence-corrected chi connectivity index (χ4v) is 3.68. The van der Waals surface area contributed by atoms with Gasteiger partial charge < -0.3 is 19.7 Å². The Balaban J connectivity index is 1.91. The molecule has 0 bridgehead atoms. The van der Waals surface area contributed by atoms with E-state index in [1.54, 1.807) is 36.4 Å². The number of carbonyl (C=O) groups excluding carboxylic acids is 2. The topological polar surface area (TPSA) is 67.9 Å². The molecule has 0 radical (unpaired) electrons. The molecular weight excluding hydrogens is 447 g/mol. The maximum absolute atomic E-state index is 13.5. The van der Waals surface area contributed by atoms with Crippen molar-refractivity contribution < 1.29 is 23.5 Å². The Morgan fingerprint density at radius 1 is 0.886 bits per heavy atom. The molecule has 0 aromatic heterocycles. The first-order valence-electron chi connectivity index (χ1n) is 11.5. The van der Waals surface area contributed by atoms with E-state index in [9.17, 15) is 14.0 Å². The van der Waals surface area contributed by atoms with E-state index < -0.39 is 6.04 Å². The fourth-order valence-electron chi connectivity index (χ4n) is 3.68. The number of hydrogen-bond acceptors (Lipinski definition) is 4. The molecule has 0 fully saturated rings. The third-order valence-corrected chi connectivity index (χ3v) is 5.39. The number of nitrogens with zero attached hydrogens (tertiary/aromatic N) is 1. The first-order chi connectivity index (χ1) is 16.9. The van der Waals surface area contributed by atoms with Gasteiger partial charge in [-0.05, 0) is 49.2 Å². The zero-order valence-electron chi connectivity index (χ0n) is 20.2. The fraction of sp³-hybridized carbons (Fsp3) is 0.286. The third kappa shape index (κ3) is 7.57.